The number of piperidine rings is 1. The monoisotopic (exact) mass is 602 g/mol. The average Bonchev–Trinajstić information content (AvgIpc) is 3.60. The summed E-state index contributed by atoms with van der Waals surface area (Å²) in [6.45, 7) is 6.77. The molecule has 0 unspecified atom stereocenters. The Kier molecular flexibility index (Phi) is 7.53. The summed E-state index contributed by atoms with van der Waals surface area (Å²) in [6.07, 6.45) is 3.89. The van der Waals surface area contributed by atoms with E-state index in [1.54, 1.807) is 0 Å². The van der Waals surface area contributed by atoms with Crippen molar-refractivity contribution in [3.05, 3.63) is 101 Å². The number of aromatic nitrogens is 5. The number of hydrogen-bond donors (Lipinski definition) is 2. The number of pyridine rings is 1. The molecule has 0 aliphatic carbocycles. The van der Waals surface area contributed by atoms with E-state index in [9.17, 15) is 4.79 Å². The Labute approximate surface area is 260 Å². The van der Waals surface area contributed by atoms with Gasteiger partial charge in [0, 0.05) is 22.1 Å². The molecule has 0 bridgehead atoms. The second-order valence-corrected chi connectivity index (χ2v) is 12.4. The van der Waals surface area contributed by atoms with Gasteiger partial charge in [0.05, 0.1) is 44.9 Å². The molecule has 10 heteroatoms. The zero-order valence-corrected chi connectivity index (χ0v) is 25.9. The highest BCUT2D eigenvalue weighted by atomic mass is 32.1. The predicted octanol–water partition coefficient (Wildman–Crippen LogP) is 6.91. The van der Waals surface area contributed by atoms with Crippen LogP contribution in [-0.2, 0) is 6.54 Å². The van der Waals surface area contributed by atoms with Gasteiger partial charge in [-0.15, -0.1) is 11.3 Å². The lowest BCUT2D eigenvalue weighted by Gasteiger charge is -2.29. The molecule has 1 fully saturated rings. The molecule has 222 valence electrons. The fourth-order valence-corrected chi connectivity index (χ4v) is 7.04. The summed E-state index contributed by atoms with van der Waals surface area (Å²) in [5, 5.41) is 14.1. The molecule has 44 heavy (non-hydrogen) atoms. The van der Waals surface area contributed by atoms with Crippen molar-refractivity contribution in [3.8, 4) is 0 Å². The van der Waals surface area contributed by atoms with Crippen molar-refractivity contribution in [2.24, 2.45) is 0 Å². The first-order valence-electron chi connectivity index (χ1n) is 14.9. The number of benzene rings is 2. The van der Waals surface area contributed by atoms with Crippen LogP contribution in [0.25, 0.3) is 21.1 Å². The van der Waals surface area contributed by atoms with Crippen molar-refractivity contribution >= 4 is 55.6 Å². The van der Waals surface area contributed by atoms with Crippen molar-refractivity contribution in [3.63, 3.8) is 0 Å². The van der Waals surface area contributed by atoms with Crippen LogP contribution in [-0.4, -0.2) is 55.7 Å². The molecular weight excluding hydrogens is 568 g/mol. The maximum Gasteiger partial charge on any atom is 0.258 e. The van der Waals surface area contributed by atoms with Gasteiger partial charge < -0.3 is 15.5 Å². The lowest BCUT2D eigenvalue weighted by molar-refractivity contribution is 0.102. The van der Waals surface area contributed by atoms with Crippen molar-refractivity contribution < 1.29 is 4.79 Å². The summed E-state index contributed by atoms with van der Waals surface area (Å²) >= 11 is 1.46. The second-order valence-electron chi connectivity index (χ2n) is 11.5. The van der Waals surface area contributed by atoms with Crippen LogP contribution < -0.4 is 10.6 Å². The quantitative estimate of drug-likeness (QED) is 0.205. The van der Waals surface area contributed by atoms with E-state index in [0.29, 0.717) is 35.0 Å². The smallest absolute Gasteiger partial charge is 0.258 e. The number of likely N-dealkylation sites (tertiary alicyclic amines) is 1. The highest BCUT2D eigenvalue weighted by Crippen LogP contribution is 2.34. The Bertz CT molecular complexity index is 1970. The van der Waals surface area contributed by atoms with Crippen LogP contribution in [0.3, 0.4) is 0 Å². The number of anilines is 3. The van der Waals surface area contributed by atoms with Crippen LogP contribution in [0.1, 0.15) is 51.8 Å². The van der Waals surface area contributed by atoms with Gasteiger partial charge >= 0.3 is 0 Å². The first-order chi connectivity index (χ1) is 21.4. The number of hydrogen-bond acceptors (Lipinski definition) is 8. The van der Waals surface area contributed by atoms with E-state index in [0.717, 1.165) is 51.5 Å². The number of nitrogens with one attached hydrogen (secondary N) is 2. The molecule has 0 radical (unpaired) electrons. The molecule has 2 N–H and O–H groups in total. The maximum atomic E-state index is 13.6. The number of fused-ring (bicyclic) bond motifs is 2. The van der Waals surface area contributed by atoms with Crippen molar-refractivity contribution in [1.29, 1.82) is 0 Å². The lowest BCUT2D eigenvalue weighted by Crippen LogP contribution is -2.29. The van der Waals surface area contributed by atoms with Gasteiger partial charge in [-0.1, -0.05) is 24.3 Å². The van der Waals surface area contributed by atoms with Crippen molar-refractivity contribution in [1.82, 2.24) is 29.6 Å². The average molecular weight is 603 g/mol. The lowest BCUT2D eigenvalue weighted by atomic mass is 9.89. The minimum Gasteiger partial charge on any atom is -0.339 e. The van der Waals surface area contributed by atoms with E-state index in [4.69, 9.17) is 5.10 Å². The first-order valence-corrected chi connectivity index (χ1v) is 15.8. The Morgan fingerprint density at radius 1 is 1.00 bits per heavy atom. The van der Waals surface area contributed by atoms with E-state index in [-0.39, 0.29) is 5.91 Å². The van der Waals surface area contributed by atoms with Gasteiger partial charge in [-0.05, 0) is 94.7 Å². The number of aryl methyl sites for hydroxylation is 2. The molecule has 1 saturated heterocycles. The van der Waals surface area contributed by atoms with Gasteiger partial charge in [-0.2, -0.15) is 5.10 Å². The minimum absolute atomic E-state index is 0.219. The van der Waals surface area contributed by atoms with E-state index in [1.807, 2.05) is 60.3 Å². The fourth-order valence-electron chi connectivity index (χ4n) is 6.09. The predicted molar refractivity (Wildman–Crippen MR) is 177 cm³/mol. The van der Waals surface area contributed by atoms with Crippen LogP contribution in [0.15, 0.2) is 72.4 Å². The van der Waals surface area contributed by atoms with E-state index in [1.165, 1.54) is 36.1 Å². The van der Waals surface area contributed by atoms with Crippen molar-refractivity contribution in [2.45, 2.75) is 39.2 Å². The van der Waals surface area contributed by atoms with Gasteiger partial charge in [0.2, 0.25) is 0 Å². The summed E-state index contributed by atoms with van der Waals surface area (Å²) in [5.74, 6) is 1.08. The molecule has 6 aromatic rings. The Morgan fingerprint density at radius 2 is 1.80 bits per heavy atom. The van der Waals surface area contributed by atoms with Crippen LogP contribution in [0.2, 0.25) is 0 Å². The second kappa shape index (κ2) is 11.8. The zero-order valence-electron chi connectivity index (χ0n) is 25.0. The molecule has 9 nitrogen and oxygen atoms in total. The van der Waals surface area contributed by atoms with Gasteiger partial charge in [-0.25, -0.2) is 9.97 Å². The zero-order chi connectivity index (χ0) is 30.2. The minimum atomic E-state index is -0.219. The first kappa shape index (κ1) is 28.1. The fraction of sp³-hybridized carbons (Fsp3) is 0.265. The molecule has 2 aromatic carbocycles. The molecule has 0 saturated carbocycles. The third-order valence-electron chi connectivity index (χ3n) is 8.42. The van der Waals surface area contributed by atoms with E-state index in [2.05, 4.69) is 61.8 Å². The Morgan fingerprint density at radius 3 is 2.59 bits per heavy atom. The maximum absolute atomic E-state index is 13.6. The third kappa shape index (κ3) is 5.54. The standard InChI is InChI=1S/C34H34N8OS/c1-21-6-4-7-26(37-21)18-42-29-9-5-8-28(30(29)22(2)40-42)39-34(43)27-19-44-32-31(27)35-20-36-33(32)38-25-12-10-23(11-13-25)24-14-16-41(3)17-15-24/h4-13,19-20,24H,14-18H2,1-3H3,(H,39,43)(H,35,36,38). The van der Waals surface area contributed by atoms with Crippen LogP contribution in [0.5, 0.6) is 0 Å². The molecular formula is C34H34N8OS. The third-order valence-corrected chi connectivity index (χ3v) is 9.40. The summed E-state index contributed by atoms with van der Waals surface area (Å²) < 4.78 is 2.78. The highest BCUT2D eigenvalue weighted by molar-refractivity contribution is 7.18. The number of amides is 1. The highest BCUT2D eigenvalue weighted by Gasteiger charge is 2.21. The van der Waals surface area contributed by atoms with Crippen LogP contribution in [0.4, 0.5) is 17.2 Å². The molecule has 0 atom stereocenters. The van der Waals surface area contributed by atoms with Gasteiger partial charge in [0.1, 0.15) is 6.33 Å². The Balaban J connectivity index is 1.11. The summed E-state index contributed by atoms with van der Waals surface area (Å²) in [5.41, 5.74) is 7.88. The topological polar surface area (TPSA) is 101 Å². The Hall–Kier alpha value is -4.67. The number of carbonyl (C=O) groups is 1. The molecule has 4 aromatic heterocycles. The molecule has 1 aliphatic rings. The number of carbonyl (C=O) groups excluding carboxylic acids is 1. The summed E-state index contributed by atoms with van der Waals surface area (Å²) in [6, 6.07) is 20.5. The van der Waals surface area contributed by atoms with Crippen LogP contribution in [0, 0.1) is 13.8 Å². The molecule has 1 aliphatic heterocycles. The van der Waals surface area contributed by atoms with Gasteiger partial charge in [-0.3, -0.25) is 14.5 Å². The number of nitrogens with zero attached hydrogens (tertiary/aromatic N) is 6. The summed E-state index contributed by atoms with van der Waals surface area (Å²) in [4.78, 5) is 29.7. The normalized spacial score (nSPS) is 14.3. The molecule has 7 rings (SSSR count). The molecule has 5 heterocycles. The number of rotatable bonds is 7. The van der Waals surface area contributed by atoms with Gasteiger partial charge in [0.15, 0.2) is 5.82 Å². The number of thiophene rings is 1. The van der Waals surface area contributed by atoms with E-state index >= 15 is 0 Å². The van der Waals surface area contributed by atoms with Crippen molar-refractivity contribution in [2.75, 3.05) is 30.8 Å². The van der Waals surface area contributed by atoms with Crippen LogP contribution >= 0.6 is 11.3 Å². The molecule has 0 spiro atoms. The van der Waals surface area contributed by atoms with E-state index < -0.39 is 0 Å². The molecule has 1 amide bonds. The summed E-state index contributed by atoms with van der Waals surface area (Å²) in [7, 11) is 2.19. The SMILES string of the molecule is Cc1cccc(Cn2nc(C)c3c(NC(=O)c4csc5c(Nc6ccc(C7CCN(C)CC7)cc6)ncnc45)cccc32)n1. The van der Waals surface area contributed by atoms with Gasteiger partial charge in [0.25, 0.3) is 5.91 Å². The largest absolute Gasteiger partial charge is 0.339 e.